The van der Waals surface area contributed by atoms with E-state index in [1.165, 1.54) is 0 Å². The first-order valence-corrected chi connectivity index (χ1v) is 5.48. The molecule has 1 rings (SSSR count). The van der Waals surface area contributed by atoms with Gasteiger partial charge in [-0.25, -0.2) is 0 Å². The Morgan fingerprint density at radius 1 is 1.53 bits per heavy atom. The third kappa shape index (κ3) is 4.22. The molecule has 0 saturated carbocycles. The largest absolute Gasteiger partial charge is 0.481 e. The highest BCUT2D eigenvalue weighted by atomic mass is 16.4. The van der Waals surface area contributed by atoms with Crippen LogP contribution in [0, 0.1) is 6.92 Å². The van der Waals surface area contributed by atoms with E-state index in [0.717, 1.165) is 5.69 Å². The van der Waals surface area contributed by atoms with Crippen molar-refractivity contribution in [2.75, 3.05) is 0 Å². The van der Waals surface area contributed by atoms with Crippen LogP contribution in [0.25, 0.3) is 0 Å². The lowest BCUT2D eigenvalue weighted by atomic mass is 10.1. The second-order valence-electron chi connectivity index (χ2n) is 3.86. The third-order valence-corrected chi connectivity index (χ3v) is 2.41. The van der Waals surface area contributed by atoms with E-state index in [-0.39, 0.29) is 18.4 Å². The molecule has 0 radical (unpaired) electrons. The zero-order valence-electron chi connectivity index (χ0n) is 9.93. The highest BCUT2D eigenvalue weighted by Gasteiger charge is 2.15. The van der Waals surface area contributed by atoms with E-state index in [4.69, 9.17) is 5.11 Å². The normalized spacial score (nSPS) is 11.9. The minimum Gasteiger partial charge on any atom is -0.481 e. The van der Waals surface area contributed by atoms with Crippen molar-refractivity contribution in [2.24, 2.45) is 0 Å². The first-order valence-electron chi connectivity index (χ1n) is 5.48. The first kappa shape index (κ1) is 13.2. The molecule has 1 heterocycles. The summed E-state index contributed by atoms with van der Waals surface area (Å²) in [5.74, 6) is -1.17. The lowest BCUT2D eigenvalue weighted by Gasteiger charge is -2.14. The number of nitrogens with zero attached hydrogens (tertiary/aromatic N) is 1. The molecule has 0 aliphatic carbocycles. The molecular formula is C12H16N2O3. The number of rotatable bonds is 5. The lowest BCUT2D eigenvalue weighted by Crippen LogP contribution is -2.36. The van der Waals surface area contributed by atoms with E-state index >= 15 is 0 Å². The van der Waals surface area contributed by atoms with Crippen molar-refractivity contribution in [3.63, 3.8) is 0 Å². The fourth-order valence-electron chi connectivity index (χ4n) is 1.46. The second-order valence-corrected chi connectivity index (χ2v) is 3.86. The molecule has 2 N–H and O–H groups in total. The molecule has 0 aromatic carbocycles. The summed E-state index contributed by atoms with van der Waals surface area (Å²) < 4.78 is 0. The number of aliphatic carboxylic acids is 1. The molecule has 0 aliphatic rings. The van der Waals surface area contributed by atoms with Gasteiger partial charge >= 0.3 is 5.97 Å². The third-order valence-electron chi connectivity index (χ3n) is 2.41. The van der Waals surface area contributed by atoms with Crippen molar-refractivity contribution in [3.05, 3.63) is 29.6 Å². The van der Waals surface area contributed by atoms with Crippen molar-refractivity contribution in [1.29, 1.82) is 0 Å². The number of pyridine rings is 1. The van der Waals surface area contributed by atoms with E-state index in [2.05, 4.69) is 10.3 Å². The van der Waals surface area contributed by atoms with Crippen LogP contribution in [-0.2, 0) is 4.79 Å². The fourth-order valence-corrected chi connectivity index (χ4v) is 1.46. The number of hydrogen-bond acceptors (Lipinski definition) is 3. The van der Waals surface area contributed by atoms with Crippen LogP contribution in [0.5, 0.6) is 0 Å². The number of nitrogens with one attached hydrogen (secondary N) is 1. The molecule has 1 atom stereocenters. The van der Waals surface area contributed by atoms with Crippen LogP contribution in [0.4, 0.5) is 0 Å². The second kappa shape index (κ2) is 5.98. The maximum atomic E-state index is 11.8. The average Bonchev–Trinajstić information content (AvgIpc) is 2.27. The Morgan fingerprint density at radius 2 is 2.24 bits per heavy atom. The highest BCUT2D eigenvalue weighted by Crippen LogP contribution is 2.04. The molecule has 17 heavy (non-hydrogen) atoms. The van der Waals surface area contributed by atoms with Crippen LogP contribution in [-0.4, -0.2) is 28.0 Å². The van der Waals surface area contributed by atoms with Crippen molar-refractivity contribution >= 4 is 11.9 Å². The van der Waals surface area contributed by atoms with Gasteiger partial charge in [0.2, 0.25) is 0 Å². The number of aryl methyl sites for hydroxylation is 1. The minimum atomic E-state index is -0.914. The smallest absolute Gasteiger partial charge is 0.305 e. The van der Waals surface area contributed by atoms with E-state index in [0.29, 0.717) is 12.0 Å². The summed E-state index contributed by atoms with van der Waals surface area (Å²) >= 11 is 0. The van der Waals surface area contributed by atoms with Gasteiger partial charge in [0.05, 0.1) is 6.42 Å². The number of hydrogen-bond donors (Lipinski definition) is 2. The Balaban J connectivity index is 2.67. The highest BCUT2D eigenvalue weighted by molar-refractivity contribution is 5.94. The van der Waals surface area contributed by atoms with Gasteiger partial charge in [0.15, 0.2) is 0 Å². The maximum absolute atomic E-state index is 11.8. The van der Waals surface area contributed by atoms with Gasteiger partial charge in [0, 0.05) is 23.5 Å². The molecule has 0 bridgehead atoms. The summed E-state index contributed by atoms with van der Waals surface area (Å²) in [6.45, 7) is 3.64. The topological polar surface area (TPSA) is 79.3 Å². The predicted molar refractivity (Wildman–Crippen MR) is 62.8 cm³/mol. The number of aromatic nitrogens is 1. The zero-order valence-corrected chi connectivity index (χ0v) is 9.93. The Morgan fingerprint density at radius 3 is 2.76 bits per heavy atom. The van der Waals surface area contributed by atoms with Crippen LogP contribution >= 0.6 is 0 Å². The van der Waals surface area contributed by atoms with Gasteiger partial charge in [-0.1, -0.05) is 6.92 Å². The van der Waals surface area contributed by atoms with E-state index in [9.17, 15) is 9.59 Å². The fraction of sp³-hybridized carbons (Fsp3) is 0.417. The number of amides is 1. The standard InChI is InChI=1S/C12H16N2O3/c1-3-10(7-11(15)16)14-12(17)9-4-5-13-8(2)6-9/h4-6,10H,3,7H2,1-2H3,(H,14,17)(H,15,16). The summed E-state index contributed by atoms with van der Waals surface area (Å²) in [7, 11) is 0. The average molecular weight is 236 g/mol. The van der Waals surface area contributed by atoms with Crippen molar-refractivity contribution < 1.29 is 14.7 Å². The van der Waals surface area contributed by atoms with Gasteiger partial charge in [-0.15, -0.1) is 0 Å². The minimum absolute atomic E-state index is 0.0632. The van der Waals surface area contributed by atoms with Gasteiger partial charge in [-0.3, -0.25) is 14.6 Å². The Hall–Kier alpha value is -1.91. The van der Waals surface area contributed by atoms with Crippen LogP contribution in [0.1, 0.15) is 35.8 Å². The van der Waals surface area contributed by atoms with Crippen molar-refractivity contribution in [2.45, 2.75) is 32.7 Å². The monoisotopic (exact) mass is 236 g/mol. The van der Waals surface area contributed by atoms with E-state index in [1.807, 2.05) is 6.92 Å². The van der Waals surface area contributed by atoms with Crippen LogP contribution < -0.4 is 5.32 Å². The van der Waals surface area contributed by atoms with Crippen molar-refractivity contribution in [1.82, 2.24) is 10.3 Å². The molecule has 92 valence electrons. The molecule has 5 nitrogen and oxygen atoms in total. The molecule has 0 saturated heterocycles. The van der Waals surface area contributed by atoms with Gasteiger partial charge in [0.1, 0.15) is 0 Å². The van der Waals surface area contributed by atoms with Crippen LogP contribution in [0.2, 0.25) is 0 Å². The lowest BCUT2D eigenvalue weighted by molar-refractivity contribution is -0.137. The summed E-state index contributed by atoms with van der Waals surface area (Å²) in [5.41, 5.74) is 1.25. The maximum Gasteiger partial charge on any atom is 0.305 e. The van der Waals surface area contributed by atoms with Gasteiger partial charge in [-0.05, 0) is 25.5 Å². The Labute approximate surface area is 99.9 Å². The molecule has 1 aromatic rings. The zero-order chi connectivity index (χ0) is 12.8. The van der Waals surface area contributed by atoms with Crippen LogP contribution in [0.15, 0.2) is 18.3 Å². The van der Waals surface area contributed by atoms with E-state index in [1.54, 1.807) is 25.3 Å². The molecule has 1 unspecified atom stereocenters. The number of carboxylic acid groups (broad SMARTS) is 1. The van der Waals surface area contributed by atoms with E-state index < -0.39 is 5.97 Å². The number of carboxylic acids is 1. The summed E-state index contributed by atoms with van der Waals surface area (Å²) in [4.78, 5) is 26.4. The van der Waals surface area contributed by atoms with Crippen molar-refractivity contribution in [3.8, 4) is 0 Å². The number of carbonyl (C=O) groups is 2. The Bertz CT molecular complexity index is 418. The number of carbonyl (C=O) groups excluding carboxylic acids is 1. The Kier molecular flexibility index (Phi) is 4.63. The molecule has 1 amide bonds. The summed E-state index contributed by atoms with van der Waals surface area (Å²) in [5, 5.41) is 11.4. The summed E-state index contributed by atoms with van der Waals surface area (Å²) in [6, 6.07) is 2.94. The summed E-state index contributed by atoms with van der Waals surface area (Å²) in [6.07, 6.45) is 2.08. The molecule has 0 aliphatic heterocycles. The predicted octanol–water partition coefficient (Wildman–Crippen LogP) is 1.37. The van der Waals surface area contributed by atoms with Gasteiger partial charge in [-0.2, -0.15) is 0 Å². The quantitative estimate of drug-likeness (QED) is 0.809. The molecule has 5 heteroatoms. The van der Waals surface area contributed by atoms with Crippen LogP contribution in [0.3, 0.4) is 0 Å². The molecule has 0 fully saturated rings. The first-order chi connectivity index (χ1) is 8.02. The molecule has 0 spiro atoms. The van der Waals surface area contributed by atoms with Gasteiger partial charge < -0.3 is 10.4 Å². The molecular weight excluding hydrogens is 220 g/mol. The SMILES string of the molecule is CCC(CC(=O)O)NC(=O)c1ccnc(C)c1. The molecule has 1 aromatic heterocycles. The van der Waals surface area contributed by atoms with Gasteiger partial charge in [0.25, 0.3) is 5.91 Å².